The highest BCUT2D eigenvalue weighted by Crippen LogP contribution is 2.41. The topological polar surface area (TPSA) is 35.2 Å². The van der Waals surface area contributed by atoms with Crippen molar-refractivity contribution in [1.82, 2.24) is 0 Å². The first kappa shape index (κ1) is 14.1. The molecule has 0 spiro atoms. The summed E-state index contributed by atoms with van der Waals surface area (Å²) < 4.78 is 5.95. The second kappa shape index (κ2) is 5.87. The van der Waals surface area contributed by atoms with Gasteiger partial charge in [0.25, 0.3) is 0 Å². The molecule has 2 N–H and O–H groups in total. The average Bonchev–Trinajstić information content (AvgIpc) is 2.71. The first-order valence-electron chi connectivity index (χ1n) is 8.14. The molecule has 1 saturated carbocycles. The minimum absolute atomic E-state index is 0.0684. The van der Waals surface area contributed by atoms with Gasteiger partial charge in [0.2, 0.25) is 0 Å². The van der Waals surface area contributed by atoms with E-state index in [9.17, 15) is 0 Å². The van der Waals surface area contributed by atoms with Crippen LogP contribution < -0.4 is 5.73 Å². The fourth-order valence-electron chi connectivity index (χ4n) is 4.15. The lowest BCUT2D eigenvalue weighted by atomic mass is 9.71. The Hall–Kier alpha value is -0.860. The van der Waals surface area contributed by atoms with Crippen molar-refractivity contribution < 1.29 is 4.74 Å². The van der Waals surface area contributed by atoms with E-state index >= 15 is 0 Å². The van der Waals surface area contributed by atoms with Gasteiger partial charge in [-0.1, -0.05) is 49.9 Å². The quantitative estimate of drug-likeness (QED) is 0.847. The van der Waals surface area contributed by atoms with Gasteiger partial charge in [-0.2, -0.15) is 0 Å². The van der Waals surface area contributed by atoms with Crippen LogP contribution in [0.5, 0.6) is 0 Å². The number of nitrogens with two attached hydrogens (primary N) is 1. The third kappa shape index (κ3) is 2.51. The number of benzene rings is 1. The Balaban J connectivity index is 1.68. The maximum atomic E-state index is 6.61. The molecule has 2 atom stereocenters. The van der Waals surface area contributed by atoms with Crippen LogP contribution in [0.2, 0.25) is 0 Å². The fourth-order valence-corrected chi connectivity index (χ4v) is 4.15. The van der Waals surface area contributed by atoms with Crippen LogP contribution in [0.1, 0.15) is 62.0 Å². The molecule has 1 aromatic carbocycles. The highest BCUT2D eigenvalue weighted by atomic mass is 16.5. The first-order chi connectivity index (χ1) is 9.75. The fraction of sp³-hybridized carbons (Fsp3) is 0.667. The number of hydrogen-bond donors (Lipinski definition) is 1. The molecule has 2 heteroatoms. The van der Waals surface area contributed by atoms with Crippen LogP contribution >= 0.6 is 0 Å². The number of ether oxygens (including phenoxy) is 1. The van der Waals surface area contributed by atoms with Crippen molar-refractivity contribution in [3.8, 4) is 0 Å². The van der Waals surface area contributed by atoms with Gasteiger partial charge in [-0.05, 0) is 42.7 Å². The Morgan fingerprint density at radius 2 is 1.90 bits per heavy atom. The third-order valence-corrected chi connectivity index (χ3v) is 5.53. The van der Waals surface area contributed by atoms with Gasteiger partial charge in [0.1, 0.15) is 0 Å². The van der Waals surface area contributed by atoms with Crippen LogP contribution in [0.25, 0.3) is 0 Å². The van der Waals surface area contributed by atoms with E-state index < -0.39 is 0 Å². The van der Waals surface area contributed by atoms with Gasteiger partial charge in [0, 0.05) is 13.2 Å². The second-order valence-corrected chi connectivity index (χ2v) is 6.63. The van der Waals surface area contributed by atoms with E-state index in [1.54, 1.807) is 0 Å². The van der Waals surface area contributed by atoms with Gasteiger partial charge in [-0.15, -0.1) is 0 Å². The molecule has 2 unspecified atom stereocenters. The summed E-state index contributed by atoms with van der Waals surface area (Å²) in [7, 11) is 1.86. The molecule has 0 heterocycles. The molecule has 0 radical (unpaired) electrons. The molecular weight excluding hydrogens is 246 g/mol. The van der Waals surface area contributed by atoms with Crippen molar-refractivity contribution in [3.05, 3.63) is 35.4 Å². The van der Waals surface area contributed by atoms with Gasteiger partial charge >= 0.3 is 0 Å². The lowest BCUT2D eigenvalue weighted by molar-refractivity contribution is -0.0468. The van der Waals surface area contributed by atoms with Crippen LogP contribution in [0.15, 0.2) is 24.3 Å². The van der Waals surface area contributed by atoms with E-state index in [1.807, 2.05) is 7.11 Å². The second-order valence-electron chi connectivity index (χ2n) is 6.63. The van der Waals surface area contributed by atoms with Crippen LogP contribution in [0.4, 0.5) is 0 Å². The molecule has 2 nitrogen and oxygen atoms in total. The van der Waals surface area contributed by atoms with Crippen LogP contribution in [0.3, 0.4) is 0 Å². The van der Waals surface area contributed by atoms with Crippen molar-refractivity contribution in [2.24, 2.45) is 5.73 Å². The lowest BCUT2D eigenvalue weighted by Crippen LogP contribution is -2.50. The van der Waals surface area contributed by atoms with Gasteiger partial charge in [-0.3, -0.25) is 0 Å². The van der Waals surface area contributed by atoms with Crippen molar-refractivity contribution in [1.29, 1.82) is 0 Å². The average molecular weight is 273 g/mol. The SMILES string of the molecule is COC1(C(N)CC2Cc3ccccc32)CCCCCC1. The highest BCUT2D eigenvalue weighted by Gasteiger charge is 2.39. The lowest BCUT2D eigenvalue weighted by Gasteiger charge is -2.41. The van der Waals surface area contributed by atoms with Crippen molar-refractivity contribution in [2.45, 2.75) is 68.9 Å². The molecule has 2 aliphatic rings. The van der Waals surface area contributed by atoms with E-state index in [0.29, 0.717) is 5.92 Å². The molecule has 0 saturated heterocycles. The van der Waals surface area contributed by atoms with Crippen molar-refractivity contribution >= 4 is 0 Å². The normalized spacial score (nSPS) is 26.2. The minimum Gasteiger partial charge on any atom is -0.377 e. The molecular formula is C18H27NO. The number of rotatable bonds is 4. The van der Waals surface area contributed by atoms with E-state index in [1.165, 1.54) is 43.2 Å². The van der Waals surface area contributed by atoms with E-state index in [2.05, 4.69) is 24.3 Å². The Morgan fingerprint density at radius 1 is 1.20 bits per heavy atom. The molecule has 0 bridgehead atoms. The number of fused-ring (bicyclic) bond motifs is 1. The van der Waals surface area contributed by atoms with E-state index in [4.69, 9.17) is 10.5 Å². The summed E-state index contributed by atoms with van der Waals surface area (Å²) in [5, 5.41) is 0. The molecule has 0 aromatic heterocycles. The summed E-state index contributed by atoms with van der Waals surface area (Å²) in [6.45, 7) is 0. The molecule has 1 aromatic rings. The van der Waals surface area contributed by atoms with Crippen molar-refractivity contribution in [2.75, 3.05) is 7.11 Å². The molecule has 110 valence electrons. The zero-order valence-electron chi connectivity index (χ0n) is 12.6. The zero-order chi connectivity index (χ0) is 14.0. The monoisotopic (exact) mass is 273 g/mol. The van der Waals surface area contributed by atoms with Crippen LogP contribution in [0, 0.1) is 0 Å². The molecule has 0 aliphatic heterocycles. The molecule has 0 amide bonds. The maximum Gasteiger partial charge on any atom is 0.0829 e. The summed E-state index contributed by atoms with van der Waals surface area (Å²) in [4.78, 5) is 0. The van der Waals surface area contributed by atoms with E-state index in [-0.39, 0.29) is 11.6 Å². The predicted octanol–water partition coefficient (Wildman–Crippen LogP) is 3.78. The molecule has 20 heavy (non-hydrogen) atoms. The van der Waals surface area contributed by atoms with Gasteiger partial charge in [0.05, 0.1) is 5.60 Å². The Labute approximate surface area is 122 Å². The van der Waals surface area contributed by atoms with Gasteiger partial charge < -0.3 is 10.5 Å². The van der Waals surface area contributed by atoms with Crippen molar-refractivity contribution in [3.63, 3.8) is 0 Å². The highest BCUT2D eigenvalue weighted by molar-refractivity contribution is 5.40. The third-order valence-electron chi connectivity index (χ3n) is 5.53. The summed E-state index contributed by atoms with van der Waals surface area (Å²) >= 11 is 0. The van der Waals surface area contributed by atoms with E-state index in [0.717, 1.165) is 19.3 Å². The van der Waals surface area contributed by atoms with Gasteiger partial charge in [0.15, 0.2) is 0 Å². The van der Waals surface area contributed by atoms with Gasteiger partial charge in [-0.25, -0.2) is 0 Å². The Morgan fingerprint density at radius 3 is 2.55 bits per heavy atom. The summed E-state index contributed by atoms with van der Waals surface area (Å²) in [6.07, 6.45) is 9.76. The standard InChI is InChI=1S/C18H27NO/c1-20-18(10-6-2-3-7-11-18)17(19)13-15-12-14-8-4-5-9-16(14)15/h4-5,8-9,15,17H,2-3,6-7,10-13,19H2,1H3. The molecule has 2 aliphatic carbocycles. The number of hydrogen-bond acceptors (Lipinski definition) is 2. The summed E-state index contributed by atoms with van der Waals surface area (Å²) in [5.74, 6) is 0.650. The first-order valence-corrected chi connectivity index (χ1v) is 8.14. The summed E-state index contributed by atoms with van der Waals surface area (Å²) in [6, 6.07) is 8.97. The Bertz CT molecular complexity index is 448. The Kier molecular flexibility index (Phi) is 4.13. The van der Waals surface area contributed by atoms with Crippen LogP contribution in [-0.2, 0) is 11.2 Å². The molecule has 3 rings (SSSR count). The maximum absolute atomic E-state index is 6.61. The predicted molar refractivity (Wildman–Crippen MR) is 82.9 cm³/mol. The zero-order valence-corrected chi connectivity index (χ0v) is 12.6. The minimum atomic E-state index is -0.0684. The number of methoxy groups -OCH3 is 1. The smallest absolute Gasteiger partial charge is 0.0829 e. The largest absolute Gasteiger partial charge is 0.377 e. The van der Waals surface area contributed by atoms with Crippen LogP contribution in [-0.4, -0.2) is 18.8 Å². The molecule has 1 fully saturated rings. The summed E-state index contributed by atoms with van der Waals surface area (Å²) in [5.41, 5.74) is 9.57.